The van der Waals surface area contributed by atoms with E-state index in [2.05, 4.69) is 29.9 Å². The van der Waals surface area contributed by atoms with Gasteiger partial charge >= 0.3 is 0 Å². The maximum absolute atomic E-state index is 14.2. The van der Waals surface area contributed by atoms with Gasteiger partial charge in [0.15, 0.2) is 10.9 Å². The number of nitriles is 1. The molecule has 1 aromatic carbocycles. The fourth-order valence-corrected chi connectivity index (χ4v) is 6.44. The van der Waals surface area contributed by atoms with Gasteiger partial charge in [-0.05, 0) is 72.0 Å². The van der Waals surface area contributed by atoms with Crippen LogP contribution in [0, 0.1) is 34.4 Å². The zero-order chi connectivity index (χ0) is 24.6. The van der Waals surface area contributed by atoms with Gasteiger partial charge in [0.2, 0.25) is 5.91 Å². The number of fused-ring (bicyclic) bond motifs is 1. The highest BCUT2D eigenvalue weighted by Gasteiger charge is 2.55. The maximum Gasteiger partial charge on any atom is 0.237 e. The summed E-state index contributed by atoms with van der Waals surface area (Å²) in [5.74, 6) is -0.613. The van der Waals surface area contributed by atoms with E-state index in [0.29, 0.717) is 5.56 Å². The Labute approximate surface area is 204 Å². The van der Waals surface area contributed by atoms with E-state index in [1.807, 2.05) is 12.1 Å². The highest BCUT2D eigenvalue weighted by Crippen LogP contribution is 2.58. The number of ether oxygens (including phenoxy) is 1. The molecule has 1 amide bonds. The van der Waals surface area contributed by atoms with Crippen molar-refractivity contribution in [3.63, 3.8) is 0 Å². The molecule has 1 fully saturated rings. The fraction of sp³-hybridized carbons (Fsp3) is 0.480. The number of halogens is 1. The van der Waals surface area contributed by atoms with Gasteiger partial charge in [-0.1, -0.05) is 19.9 Å². The number of nitrogens with two attached hydrogens (primary N) is 1. The molecule has 0 radical (unpaired) electrons. The molecule has 9 heteroatoms. The van der Waals surface area contributed by atoms with Crippen molar-refractivity contribution >= 4 is 23.2 Å². The third-order valence-corrected chi connectivity index (χ3v) is 7.56. The van der Waals surface area contributed by atoms with Gasteiger partial charge in [0.1, 0.15) is 5.82 Å². The van der Waals surface area contributed by atoms with Crippen molar-refractivity contribution < 1.29 is 13.9 Å². The molecule has 2 N–H and O–H groups in total. The summed E-state index contributed by atoms with van der Waals surface area (Å²) in [4.78, 5) is 23.4. The molecule has 2 aliphatic carbocycles. The van der Waals surface area contributed by atoms with E-state index in [1.54, 1.807) is 13.2 Å². The quantitative estimate of drug-likeness (QED) is 0.667. The van der Waals surface area contributed by atoms with Crippen LogP contribution in [0.1, 0.15) is 55.1 Å². The Kier molecular flexibility index (Phi) is 6.65. The second kappa shape index (κ2) is 9.35. The summed E-state index contributed by atoms with van der Waals surface area (Å²) in [6.45, 7) is 4.27. The van der Waals surface area contributed by atoms with E-state index in [0.717, 1.165) is 42.8 Å². The van der Waals surface area contributed by atoms with Gasteiger partial charge < -0.3 is 10.5 Å². The van der Waals surface area contributed by atoms with Crippen LogP contribution in [0.25, 0.3) is 0 Å². The lowest BCUT2D eigenvalue weighted by atomic mass is 9.59. The Morgan fingerprint density at radius 1 is 1.32 bits per heavy atom. The number of methoxy groups -OCH3 is 1. The van der Waals surface area contributed by atoms with Crippen LogP contribution in [0.5, 0.6) is 0 Å². The first-order chi connectivity index (χ1) is 16.2. The number of thiocarbonyl (C=S) groups is 1. The molecule has 7 nitrogen and oxygen atoms in total. The van der Waals surface area contributed by atoms with Gasteiger partial charge in [0.25, 0.3) is 0 Å². The van der Waals surface area contributed by atoms with Crippen LogP contribution in [0.15, 0.2) is 30.6 Å². The summed E-state index contributed by atoms with van der Waals surface area (Å²) >= 11 is 5.26. The van der Waals surface area contributed by atoms with Gasteiger partial charge in [-0.15, -0.1) is 0 Å². The minimum atomic E-state index is -0.567. The number of carbonyl (C=O) groups is 1. The smallest absolute Gasteiger partial charge is 0.237 e. The molecule has 5 atom stereocenters. The first kappa shape index (κ1) is 24.2. The van der Waals surface area contributed by atoms with E-state index in [4.69, 9.17) is 22.7 Å². The molecule has 2 aromatic rings. The van der Waals surface area contributed by atoms with Crippen molar-refractivity contribution in [1.29, 1.82) is 5.26 Å². The molecule has 1 saturated carbocycles. The van der Waals surface area contributed by atoms with E-state index in [9.17, 15) is 14.4 Å². The molecular formula is C25H28FN5O2S. The number of benzene rings is 1. The molecule has 1 aromatic heterocycles. The lowest BCUT2D eigenvalue weighted by Crippen LogP contribution is -2.50. The van der Waals surface area contributed by atoms with Crippen LogP contribution in [-0.2, 0) is 22.5 Å². The maximum atomic E-state index is 14.2. The summed E-state index contributed by atoms with van der Waals surface area (Å²) in [6.07, 6.45) is 4.52. The molecule has 1 spiro atoms. The monoisotopic (exact) mass is 481 g/mol. The Hall–Kier alpha value is -2.96. The molecule has 0 bridgehead atoms. The molecule has 34 heavy (non-hydrogen) atoms. The van der Waals surface area contributed by atoms with E-state index < -0.39 is 11.7 Å². The first-order valence-corrected chi connectivity index (χ1v) is 11.7. The minimum absolute atomic E-state index is 0.0555. The first-order valence-electron chi connectivity index (χ1n) is 11.3. The van der Waals surface area contributed by atoms with Crippen LogP contribution >= 0.6 is 12.2 Å². The number of hydrogen-bond acceptors (Lipinski definition) is 6. The Balaban J connectivity index is 1.77. The third-order valence-electron chi connectivity index (χ3n) is 7.34. The Bertz CT molecular complexity index is 1140. The molecule has 1 heterocycles. The second-order valence-corrected chi connectivity index (χ2v) is 10.1. The van der Waals surface area contributed by atoms with E-state index >= 15 is 0 Å². The minimum Gasteiger partial charge on any atom is -0.381 e. The fourth-order valence-electron chi connectivity index (χ4n) is 6.29. The molecule has 2 unspecified atom stereocenters. The van der Waals surface area contributed by atoms with Crippen molar-refractivity contribution in [2.45, 2.75) is 51.7 Å². The highest BCUT2D eigenvalue weighted by atomic mass is 32.1. The topological polar surface area (TPSA) is 105 Å². The number of nitrogens with zero attached hydrogens (tertiary/aromatic N) is 4. The molecule has 178 valence electrons. The molecule has 4 rings (SSSR count). The molecule has 0 saturated heterocycles. The zero-order valence-corrected chi connectivity index (χ0v) is 20.3. The van der Waals surface area contributed by atoms with Gasteiger partial charge in [-0.25, -0.2) is 14.4 Å². The second-order valence-electron chi connectivity index (χ2n) is 9.64. The average Bonchev–Trinajstić information content (AvgIpc) is 3.09. The summed E-state index contributed by atoms with van der Waals surface area (Å²) in [7, 11) is 1.73. The van der Waals surface area contributed by atoms with Crippen molar-refractivity contribution in [2.24, 2.45) is 23.0 Å². The molecule has 0 aliphatic heterocycles. The highest BCUT2D eigenvalue weighted by molar-refractivity contribution is 7.80. The van der Waals surface area contributed by atoms with Crippen LogP contribution in [0.4, 0.5) is 4.39 Å². The van der Waals surface area contributed by atoms with Crippen molar-refractivity contribution in [3.8, 4) is 6.07 Å². The van der Waals surface area contributed by atoms with E-state index in [-0.39, 0.29) is 46.7 Å². The van der Waals surface area contributed by atoms with Crippen molar-refractivity contribution in [1.82, 2.24) is 14.9 Å². The number of amides is 1. The lowest BCUT2D eigenvalue weighted by Gasteiger charge is -2.48. The van der Waals surface area contributed by atoms with Crippen molar-refractivity contribution in [2.75, 3.05) is 7.11 Å². The number of aromatic nitrogens is 2. The standard InChI is InChI=1S/C25H28FN5O2S/c1-14-7-25(8-15(2)22(14)33-3)9-17-5-4-16(10-27)6-19(17)21(25)23(32)31(24(28)34)13-20-29-11-18(26)12-30-20/h4-6,11-12,14-15,21-22H,7-9,13H2,1-3H3,(H2,28,34)/t14-,15+,21-,22?,25?/m0/s1. The number of hydrogen-bond donors (Lipinski definition) is 1. The normalized spacial score (nSPS) is 27.7. The van der Waals surface area contributed by atoms with Gasteiger partial charge in [-0.2, -0.15) is 5.26 Å². The summed E-state index contributed by atoms with van der Waals surface area (Å²) in [5.41, 5.74) is 8.07. The van der Waals surface area contributed by atoms with Gasteiger partial charge in [-0.3, -0.25) is 9.69 Å². The number of rotatable bonds is 4. The lowest BCUT2D eigenvalue weighted by molar-refractivity contribution is -0.135. The average molecular weight is 482 g/mol. The van der Waals surface area contributed by atoms with Gasteiger partial charge in [0.05, 0.1) is 42.6 Å². The largest absolute Gasteiger partial charge is 0.381 e. The molecule has 2 aliphatic rings. The predicted molar refractivity (Wildman–Crippen MR) is 128 cm³/mol. The SMILES string of the molecule is COC1[C@H](C)CC2(Cc3ccc(C#N)cc3[C@H]2C(=O)N(Cc2ncc(F)cn2)C(N)=S)C[C@@H]1C. The summed E-state index contributed by atoms with van der Waals surface area (Å²) < 4.78 is 19.1. The number of carbonyl (C=O) groups excluding carboxylic acids is 1. The summed E-state index contributed by atoms with van der Waals surface area (Å²) in [5, 5.41) is 9.42. The third kappa shape index (κ3) is 4.28. The van der Waals surface area contributed by atoms with Crippen molar-refractivity contribution in [3.05, 3.63) is 58.9 Å². The van der Waals surface area contributed by atoms with E-state index in [1.165, 1.54) is 4.90 Å². The zero-order valence-electron chi connectivity index (χ0n) is 19.5. The summed E-state index contributed by atoms with van der Waals surface area (Å²) in [6, 6.07) is 7.75. The predicted octanol–water partition coefficient (Wildman–Crippen LogP) is 3.47. The van der Waals surface area contributed by atoms with Crippen LogP contribution in [-0.4, -0.2) is 39.1 Å². The Morgan fingerprint density at radius 3 is 2.53 bits per heavy atom. The molecular weight excluding hydrogens is 453 g/mol. The van der Waals surface area contributed by atoms with Gasteiger partial charge in [0, 0.05) is 7.11 Å². The van der Waals surface area contributed by atoms with Crippen LogP contribution < -0.4 is 5.73 Å². The Morgan fingerprint density at radius 2 is 1.97 bits per heavy atom. The van der Waals surface area contributed by atoms with Crippen LogP contribution in [0.3, 0.4) is 0 Å². The van der Waals surface area contributed by atoms with Crippen LogP contribution in [0.2, 0.25) is 0 Å².